The second kappa shape index (κ2) is 14.7. The molecule has 2 aliphatic heterocycles. The van der Waals surface area contributed by atoms with E-state index in [4.69, 9.17) is 10.5 Å². The molecular formula is C36H48N8O4. The second-order valence-electron chi connectivity index (χ2n) is 13.7. The Bertz CT molecular complexity index is 1560. The maximum Gasteiger partial charge on any atom is 0.318 e. The Hall–Kier alpha value is -4.58. The number of hydrogen-bond acceptors (Lipinski definition) is 7. The highest BCUT2D eigenvalue weighted by Gasteiger charge is 2.35. The summed E-state index contributed by atoms with van der Waals surface area (Å²) in [4.78, 5) is 45.3. The molecule has 3 aromatic rings. The van der Waals surface area contributed by atoms with E-state index in [1.807, 2.05) is 35.4 Å². The van der Waals surface area contributed by atoms with Gasteiger partial charge in [-0.1, -0.05) is 30.3 Å². The van der Waals surface area contributed by atoms with Crippen molar-refractivity contribution in [2.24, 2.45) is 5.73 Å². The number of piperidine rings is 1. The molecule has 0 spiro atoms. The molecule has 0 bridgehead atoms. The molecule has 256 valence electrons. The summed E-state index contributed by atoms with van der Waals surface area (Å²) in [5, 5.41) is 13.0. The average Bonchev–Trinajstić information content (AvgIpc) is 3.55. The number of nitrogens with zero attached hydrogens (tertiary/aromatic N) is 4. The predicted molar refractivity (Wildman–Crippen MR) is 184 cm³/mol. The third kappa shape index (κ3) is 8.10. The number of H-pyrrole nitrogens is 1. The van der Waals surface area contributed by atoms with Crippen LogP contribution in [0.4, 0.5) is 10.5 Å². The summed E-state index contributed by atoms with van der Waals surface area (Å²) >= 11 is 0. The van der Waals surface area contributed by atoms with Gasteiger partial charge in [0, 0.05) is 74.4 Å². The highest BCUT2D eigenvalue weighted by atomic mass is 16.5. The van der Waals surface area contributed by atoms with E-state index in [1.54, 1.807) is 24.9 Å². The summed E-state index contributed by atoms with van der Waals surface area (Å²) in [5.41, 5.74) is 8.81. The topological polar surface area (TPSA) is 149 Å². The minimum atomic E-state index is -1.19. The third-order valence-electron chi connectivity index (χ3n) is 9.61. The number of rotatable bonds is 12. The first-order chi connectivity index (χ1) is 23.2. The van der Waals surface area contributed by atoms with Crippen molar-refractivity contribution in [1.82, 2.24) is 30.6 Å². The summed E-state index contributed by atoms with van der Waals surface area (Å²) in [5.74, 6) is 0.0762. The van der Waals surface area contributed by atoms with Crippen LogP contribution < -0.4 is 26.0 Å². The van der Waals surface area contributed by atoms with Crippen molar-refractivity contribution in [3.8, 4) is 16.9 Å². The van der Waals surface area contributed by atoms with Crippen LogP contribution in [0.1, 0.15) is 57.9 Å². The van der Waals surface area contributed by atoms with E-state index < -0.39 is 5.60 Å². The van der Waals surface area contributed by atoms with E-state index in [0.717, 1.165) is 67.4 Å². The summed E-state index contributed by atoms with van der Waals surface area (Å²) in [6.45, 7) is 6.52. The fourth-order valence-electron chi connectivity index (χ4n) is 6.71. The number of carbonyl (C=O) groups excluding carboxylic acids is 3. The van der Waals surface area contributed by atoms with E-state index in [-0.39, 0.29) is 42.5 Å². The molecule has 1 aliphatic carbocycles. The number of carbonyl (C=O) groups is 3. The number of hydrogen-bond donors (Lipinski definition) is 4. The zero-order valence-electron chi connectivity index (χ0n) is 28.0. The van der Waals surface area contributed by atoms with Gasteiger partial charge >= 0.3 is 6.03 Å². The van der Waals surface area contributed by atoms with Crippen LogP contribution in [0.15, 0.2) is 60.9 Å². The summed E-state index contributed by atoms with van der Waals surface area (Å²) in [6.07, 6.45) is 9.41. The van der Waals surface area contributed by atoms with Crippen molar-refractivity contribution in [3.05, 3.63) is 66.5 Å². The Kier molecular flexibility index (Phi) is 10.2. The molecule has 5 N–H and O–H groups in total. The monoisotopic (exact) mass is 656 g/mol. The number of benzene rings is 2. The first kappa shape index (κ1) is 33.3. The molecular weight excluding hydrogens is 608 g/mol. The maximum atomic E-state index is 13.6. The molecule has 1 saturated carbocycles. The quantitative estimate of drug-likeness (QED) is 0.233. The molecule has 4 amide bonds. The van der Waals surface area contributed by atoms with Gasteiger partial charge < -0.3 is 35.8 Å². The number of aromatic amines is 1. The van der Waals surface area contributed by atoms with Gasteiger partial charge in [-0.2, -0.15) is 5.10 Å². The minimum absolute atomic E-state index is 0.00905. The first-order valence-corrected chi connectivity index (χ1v) is 17.2. The Morgan fingerprint density at radius 1 is 1.04 bits per heavy atom. The van der Waals surface area contributed by atoms with Gasteiger partial charge in [-0.05, 0) is 75.6 Å². The molecule has 2 aromatic carbocycles. The Morgan fingerprint density at radius 2 is 1.83 bits per heavy atom. The number of urea groups is 1. The van der Waals surface area contributed by atoms with Gasteiger partial charge in [0.15, 0.2) is 5.60 Å². The molecule has 3 fully saturated rings. The second-order valence-corrected chi connectivity index (χ2v) is 13.7. The van der Waals surface area contributed by atoms with Crippen LogP contribution in [0, 0.1) is 0 Å². The van der Waals surface area contributed by atoms with Crippen LogP contribution in [0.25, 0.3) is 11.1 Å². The lowest BCUT2D eigenvalue weighted by molar-refractivity contribution is -0.138. The standard InChI is InChI=1S/C36H48N8O4/c1-36(2,34(46)38-22-33(45)43-17-5-8-31(43)19-37)48-32-9-3-7-30(18-32)42-16-4-6-28(24-42)41-35(47)44(29-14-15-29)23-25-10-12-26(13-11-25)27-20-39-40-21-27/h3,7,9-13,18,20-21,28-29,31H,4-6,8,14-17,19,22-24,37H2,1-2H3,(H,38,46)(H,39,40)(H,41,47)/t28-,31+/m0/s1. The normalized spacial score (nSPS) is 19.6. The van der Waals surface area contributed by atoms with Gasteiger partial charge in [-0.3, -0.25) is 14.7 Å². The predicted octanol–water partition coefficient (Wildman–Crippen LogP) is 3.64. The molecule has 3 aliphatic rings. The van der Waals surface area contributed by atoms with Gasteiger partial charge in [0.2, 0.25) is 5.91 Å². The third-order valence-corrected chi connectivity index (χ3v) is 9.61. The van der Waals surface area contributed by atoms with Crippen molar-refractivity contribution >= 4 is 23.5 Å². The molecule has 2 saturated heterocycles. The van der Waals surface area contributed by atoms with E-state index in [1.165, 1.54) is 0 Å². The fraction of sp³-hybridized carbons (Fsp3) is 0.500. The van der Waals surface area contributed by atoms with Crippen LogP contribution >= 0.6 is 0 Å². The largest absolute Gasteiger partial charge is 0.478 e. The molecule has 12 nitrogen and oxygen atoms in total. The highest BCUT2D eigenvalue weighted by Crippen LogP contribution is 2.30. The highest BCUT2D eigenvalue weighted by molar-refractivity contribution is 5.89. The van der Waals surface area contributed by atoms with Crippen LogP contribution in [0.3, 0.4) is 0 Å². The van der Waals surface area contributed by atoms with Gasteiger partial charge in [0.1, 0.15) is 5.75 Å². The number of anilines is 1. The molecule has 3 heterocycles. The van der Waals surface area contributed by atoms with Gasteiger partial charge in [0.05, 0.1) is 12.7 Å². The fourth-order valence-corrected chi connectivity index (χ4v) is 6.71. The van der Waals surface area contributed by atoms with Crippen LogP contribution in [0.2, 0.25) is 0 Å². The summed E-state index contributed by atoms with van der Waals surface area (Å²) < 4.78 is 6.17. The number of nitrogens with one attached hydrogen (secondary N) is 3. The molecule has 0 radical (unpaired) electrons. The Labute approximate surface area is 282 Å². The van der Waals surface area contributed by atoms with E-state index in [9.17, 15) is 14.4 Å². The van der Waals surface area contributed by atoms with Crippen LogP contribution in [0.5, 0.6) is 5.75 Å². The van der Waals surface area contributed by atoms with Crippen LogP contribution in [-0.4, -0.2) is 94.3 Å². The number of likely N-dealkylation sites (tertiary alicyclic amines) is 1. The van der Waals surface area contributed by atoms with Gasteiger partial charge in [-0.25, -0.2) is 4.79 Å². The van der Waals surface area contributed by atoms with Crippen molar-refractivity contribution in [2.75, 3.05) is 37.6 Å². The number of ether oxygens (including phenoxy) is 1. The lowest BCUT2D eigenvalue weighted by Crippen LogP contribution is -2.52. The molecule has 1 aromatic heterocycles. The number of aromatic nitrogens is 2. The lowest BCUT2D eigenvalue weighted by atomic mass is 10.0. The average molecular weight is 657 g/mol. The van der Waals surface area contributed by atoms with Crippen molar-refractivity contribution in [2.45, 2.75) is 82.6 Å². The molecule has 12 heteroatoms. The van der Waals surface area contributed by atoms with Gasteiger partial charge in [-0.15, -0.1) is 0 Å². The van der Waals surface area contributed by atoms with Crippen molar-refractivity contribution in [1.29, 1.82) is 0 Å². The van der Waals surface area contributed by atoms with E-state index >= 15 is 0 Å². The number of nitrogens with two attached hydrogens (primary N) is 1. The zero-order chi connectivity index (χ0) is 33.7. The molecule has 48 heavy (non-hydrogen) atoms. The Morgan fingerprint density at radius 3 is 2.56 bits per heavy atom. The maximum absolute atomic E-state index is 13.6. The SMILES string of the molecule is CC(C)(Oc1cccc(N2CCC[C@H](NC(=O)N(Cc3ccc(-c4cn[nH]c4)cc3)C3CC3)C2)c1)C(=O)NCC(=O)N1CCC[C@@H]1CN. The van der Waals surface area contributed by atoms with E-state index in [2.05, 4.69) is 50.0 Å². The first-order valence-electron chi connectivity index (χ1n) is 17.2. The van der Waals surface area contributed by atoms with Gasteiger partial charge in [0.25, 0.3) is 5.91 Å². The summed E-state index contributed by atoms with van der Waals surface area (Å²) in [7, 11) is 0. The van der Waals surface area contributed by atoms with Crippen LogP contribution in [-0.2, 0) is 16.1 Å². The molecule has 6 rings (SSSR count). The molecule has 2 atom stereocenters. The zero-order valence-corrected chi connectivity index (χ0v) is 28.0. The molecule has 0 unspecified atom stereocenters. The van der Waals surface area contributed by atoms with E-state index in [0.29, 0.717) is 31.9 Å². The number of amides is 4. The minimum Gasteiger partial charge on any atom is -0.478 e. The summed E-state index contributed by atoms with van der Waals surface area (Å²) in [6, 6.07) is 16.3. The smallest absolute Gasteiger partial charge is 0.318 e. The van der Waals surface area contributed by atoms with Crippen molar-refractivity contribution in [3.63, 3.8) is 0 Å². The Balaban J connectivity index is 1.02. The van der Waals surface area contributed by atoms with Crippen molar-refractivity contribution < 1.29 is 19.1 Å². The lowest BCUT2D eigenvalue weighted by Gasteiger charge is -2.36.